The first-order chi connectivity index (χ1) is 20.0. The fourth-order valence-corrected chi connectivity index (χ4v) is 6.54. The summed E-state index contributed by atoms with van der Waals surface area (Å²) in [4.78, 5) is 30.6. The van der Waals surface area contributed by atoms with Gasteiger partial charge in [0.25, 0.3) is 5.91 Å². The van der Waals surface area contributed by atoms with Crippen LogP contribution < -0.4 is 10.2 Å². The number of carbonyl (C=O) groups is 1. The van der Waals surface area contributed by atoms with Gasteiger partial charge in [-0.1, -0.05) is 74.4 Å². The summed E-state index contributed by atoms with van der Waals surface area (Å²) in [6.07, 6.45) is 11.9. The lowest BCUT2D eigenvalue weighted by atomic mass is 9.74. The predicted octanol–water partition coefficient (Wildman–Crippen LogP) is 7.13. The number of hydrogen-bond donors (Lipinski definition) is 1. The number of pyridine rings is 1. The molecule has 2 aromatic carbocycles. The minimum absolute atomic E-state index is 0.125. The van der Waals surface area contributed by atoms with Gasteiger partial charge in [-0.3, -0.25) is 9.78 Å². The van der Waals surface area contributed by atoms with E-state index in [0.29, 0.717) is 5.56 Å². The highest BCUT2D eigenvalue weighted by molar-refractivity contribution is 5.96. The fourth-order valence-electron chi connectivity index (χ4n) is 6.54. The molecule has 1 saturated carbocycles. The van der Waals surface area contributed by atoms with Crippen molar-refractivity contribution in [2.24, 2.45) is 5.92 Å². The van der Waals surface area contributed by atoms with Crippen LogP contribution in [0, 0.1) is 5.92 Å². The van der Waals surface area contributed by atoms with E-state index in [4.69, 9.17) is 9.97 Å². The second kappa shape index (κ2) is 11.8. The van der Waals surface area contributed by atoms with Gasteiger partial charge in [0.1, 0.15) is 0 Å². The topological polar surface area (TPSA) is 71.0 Å². The average molecular weight is 546 g/mol. The van der Waals surface area contributed by atoms with Crippen molar-refractivity contribution in [3.63, 3.8) is 0 Å². The fraction of sp³-hybridized carbons (Fsp3) is 0.371. The molecule has 6 nitrogen and oxygen atoms in total. The molecule has 4 aromatic rings. The van der Waals surface area contributed by atoms with E-state index in [1.54, 1.807) is 12.4 Å². The normalized spacial score (nSPS) is 17.8. The van der Waals surface area contributed by atoms with Gasteiger partial charge >= 0.3 is 0 Å². The molecule has 2 aromatic heterocycles. The summed E-state index contributed by atoms with van der Waals surface area (Å²) < 4.78 is 0. The van der Waals surface area contributed by atoms with Crippen molar-refractivity contribution in [2.45, 2.75) is 63.8 Å². The summed E-state index contributed by atoms with van der Waals surface area (Å²) in [7, 11) is 0. The summed E-state index contributed by atoms with van der Waals surface area (Å²) in [5.41, 5.74) is 5.57. The van der Waals surface area contributed by atoms with Crippen molar-refractivity contribution in [2.75, 3.05) is 18.0 Å². The minimum Gasteiger partial charge on any atom is -0.345 e. The molecule has 1 N–H and O–H groups in total. The van der Waals surface area contributed by atoms with Gasteiger partial charge in [0.2, 0.25) is 5.95 Å². The van der Waals surface area contributed by atoms with Gasteiger partial charge in [-0.2, -0.15) is 0 Å². The van der Waals surface area contributed by atoms with E-state index in [9.17, 15) is 4.79 Å². The van der Waals surface area contributed by atoms with E-state index in [1.165, 1.54) is 5.56 Å². The number of piperidine rings is 1. The zero-order valence-electron chi connectivity index (χ0n) is 24.1. The van der Waals surface area contributed by atoms with E-state index in [2.05, 4.69) is 70.7 Å². The number of benzene rings is 2. The third-order valence-corrected chi connectivity index (χ3v) is 9.05. The molecule has 1 aliphatic heterocycles. The summed E-state index contributed by atoms with van der Waals surface area (Å²) in [5.74, 6) is 1.35. The number of anilines is 1. The lowest BCUT2D eigenvalue weighted by Crippen LogP contribution is -2.37. The largest absolute Gasteiger partial charge is 0.345 e. The van der Waals surface area contributed by atoms with Crippen molar-refractivity contribution in [1.29, 1.82) is 0 Å². The number of rotatable bonds is 7. The van der Waals surface area contributed by atoms with Crippen LogP contribution in [0.5, 0.6) is 0 Å². The van der Waals surface area contributed by atoms with Crippen molar-refractivity contribution in [3.8, 4) is 11.1 Å². The molecule has 0 radical (unpaired) electrons. The Morgan fingerprint density at radius 2 is 1.71 bits per heavy atom. The Bertz CT molecular complexity index is 1480. The zero-order valence-corrected chi connectivity index (χ0v) is 24.1. The Hall–Kier alpha value is -4.06. The molecule has 1 amide bonds. The van der Waals surface area contributed by atoms with Crippen molar-refractivity contribution < 1.29 is 4.79 Å². The van der Waals surface area contributed by atoms with Crippen LogP contribution in [-0.4, -0.2) is 33.9 Å². The van der Waals surface area contributed by atoms with Gasteiger partial charge in [-0.15, -0.1) is 0 Å². The molecule has 1 atom stereocenters. The van der Waals surface area contributed by atoms with Crippen LogP contribution in [0.15, 0.2) is 85.3 Å². The number of amides is 1. The van der Waals surface area contributed by atoms with Crippen LogP contribution >= 0.6 is 0 Å². The maximum Gasteiger partial charge on any atom is 0.255 e. The number of carbonyl (C=O) groups excluding carboxylic acids is 1. The van der Waals surface area contributed by atoms with Crippen LogP contribution in [0.3, 0.4) is 0 Å². The summed E-state index contributed by atoms with van der Waals surface area (Å²) in [6, 6.07) is 22.7. The molecule has 210 valence electrons. The molecule has 3 heterocycles. The highest BCUT2D eigenvalue weighted by atomic mass is 16.1. The molecule has 2 fully saturated rings. The maximum absolute atomic E-state index is 14.1. The second-order valence-electron chi connectivity index (χ2n) is 11.8. The van der Waals surface area contributed by atoms with Gasteiger partial charge in [0.05, 0.1) is 17.3 Å². The molecule has 6 heteroatoms. The smallest absolute Gasteiger partial charge is 0.255 e. The quantitative estimate of drug-likeness (QED) is 0.268. The first-order valence-corrected chi connectivity index (χ1v) is 15.0. The summed E-state index contributed by atoms with van der Waals surface area (Å²) >= 11 is 0. The zero-order chi connectivity index (χ0) is 28.2. The van der Waals surface area contributed by atoms with Gasteiger partial charge in [-0.05, 0) is 72.9 Å². The Kier molecular flexibility index (Phi) is 7.82. The average Bonchev–Trinajstić information content (AvgIpc) is 3.53. The summed E-state index contributed by atoms with van der Waals surface area (Å²) in [6.45, 7) is 6.25. The van der Waals surface area contributed by atoms with E-state index in [-0.39, 0.29) is 17.4 Å². The molecule has 0 unspecified atom stereocenters. The number of aromatic nitrogens is 3. The molecule has 6 rings (SSSR count). The lowest BCUT2D eigenvalue weighted by Gasteiger charge is -2.34. The Morgan fingerprint density at radius 1 is 0.951 bits per heavy atom. The molecule has 1 aliphatic carbocycles. The van der Waals surface area contributed by atoms with Crippen LogP contribution in [0.4, 0.5) is 5.95 Å². The standard InChI is InChI=1S/C35H39N5O/c1-25-15-20-40(21-16-25)34-37-24-31(32(39-34)35(17-6-7-18-35)30-13-4-3-5-14-30)33(41)38-26(2)27-10-8-11-28(22-27)29-12-9-19-36-23-29/h3-5,8-14,19,22-26H,6-7,15-18,20-21H2,1-2H3,(H,38,41)/t26-/m0/s1. The first kappa shape index (κ1) is 27.1. The minimum atomic E-state index is -0.293. The third-order valence-electron chi connectivity index (χ3n) is 9.05. The van der Waals surface area contributed by atoms with E-state index in [0.717, 1.165) is 85.9 Å². The maximum atomic E-state index is 14.1. The van der Waals surface area contributed by atoms with Gasteiger partial charge < -0.3 is 10.2 Å². The van der Waals surface area contributed by atoms with E-state index in [1.807, 2.05) is 31.3 Å². The molecule has 1 saturated heterocycles. The van der Waals surface area contributed by atoms with Gasteiger partial charge in [0.15, 0.2) is 0 Å². The Labute approximate surface area is 243 Å². The summed E-state index contributed by atoms with van der Waals surface area (Å²) in [5, 5.41) is 3.28. The Balaban J connectivity index is 1.35. The highest BCUT2D eigenvalue weighted by Crippen LogP contribution is 2.47. The number of nitrogens with zero attached hydrogens (tertiary/aromatic N) is 4. The highest BCUT2D eigenvalue weighted by Gasteiger charge is 2.42. The predicted molar refractivity (Wildman–Crippen MR) is 164 cm³/mol. The van der Waals surface area contributed by atoms with E-state index < -0.39 is 0 Å². The second-order valence-corrected chi connectivity index (χ2v) is 11.8. The SMILES string of the molecule is CC1CCN(c2ncc(C(=O)N[C@@H](C)c3cccc(-c4cccnc4)c3)c(C3(c4ccccc4)CCCC3)n2)CC1. The monoisotopic (exact) mass is 545 g/mol. The van der Waals surface area contributed by atoms with Crippen LogP contribution in [-0.2, 0) is 5.41 Å². The van der Waals surface area contributed by atoms with E-state index >= 15 is 0 Å². The van der Waals surface area contributed by atoms with Crippen LogP contribution in [0.1, 0.15) is 85.6 Å². The van der Waals surface area contributed by atoms with Gasteiger partial charge in [0, 0.05) is 37.1 Å². The number of hydrogen-bond acceptors (Lipinski definition) is 5. The first-order valence-electron chi connectivity index (χ1n) is 15.0. The van der Waals surface area contributed by atoms with Crippen LogP contribution in [0.2, 0.25) is 0 Å². The Morgan fingerprint density at radius 3 is 2.44 bits per heavy atom. The molecular weight excluding hydrogens is 506 g/mol. The lowest BCUT2D eigenvalue weighted by molar-refractivity contribution is 0.0936. The molecule has 41 heavy (non-hydrogen) atoms. The van der Waals surface area contributed by atoms with Crippen molar-refractivity contribution in [1.82, 2.24) is 20.3 Å². The van der Waals surface area contributed by atoms with Crippen molar-refractivity contribution in [3.05, 3.63) is 108 Å². The molecule has 0 bridgehead atoms. The third kappa shape index (κ3) is 5.61. The molecular formula is C35H39N5O. The molecule has 0 spiro atoms. The van der Waals surface area contributed by atoms with Gasteiger partial charge in [-0.25, -0.2) is 9.97 Å². The van der Waals surface area contributed by atoms with Crippen LogP contribution in [0.25, 0.3) is 11.1 Å². The number of nitrogens with one attached hydrogen (secondary N) is 1. The molecule has 2 aliphatic rings. The van der Waals surface area contributed by atoms with Crippen molar-refractivity contribution >= 4 is 11.9 Å².